The molecule has 110 valence electrons. The van der Waals surface area contributed by atoms with Crippen LogP contribution in [-0.4, -0.2) is 29.5 Å². The lowest BCUT2D eigenvalue weighted by molar-refractivity contribution is -0.462. The Labute approximate surface area is 130 Å². The Balaban J connectivity index is 1.79. The summed E-state index contributed by atoms with van der Waals surface area (Å²) in [4.78, 5) is 0. The van der Waals surface area contributed by atoms with Crippen LogP contribution in [0.1, 0.15) is 5.56 Å². The van der Waals surface area contributed by atoms with Gasteiger partial charge in [-0.3, -0.25) is 0 Å². The van der Waals surface area contributed by atoms with Crippen molar-refractivity contribution in [2.24, 2.45) is 0 Å². The first-order valence-corrected chi connectivity index (χ1v) is 7.13. The van der Waals surface area contributed by atoms with Crippen LogP contribution in [0.5, 0.6) is 11.5 Å². The molecule has 0 saturated heterocycles. The SMILES string of the molecule is C[N+](C)=C1C=CC(=C/C=C2\C=Cc3ccc(O)cc3O2)C=C1. The van der Waals surface area contributed by atoms with Crippen molar-refractivity contribution in [3.8, 4) is 11.5 Å². The van der Waals surface area contributed by atoms with Crippen LogP contribution in [0.25, 0.3) is 6.08 Å². The van der Waals surface area contributed by atoms with Gasteiger partial charge >= 0.3 is 0 Å². The van der Waals surface area contributed by atoms with E-state index in [1.54, 1.807) is 12.1 Å². The quantitative estimate of drug-likeness (QED) is 0.804. The molecule has 0 fully saturated rings. The first-order valence-electron chi connectivity index (χ1n) is 7.13. The van der Waals surface area contributed by atoms with E-state index >= 15 is 0 Å². The van der Waals surface area contributed by atoms with Gasteiger partial charge in [-0.15, -0.1) is 0 Å². The molecule has 0 saturated carbocycles. The minimum Gasteiger partial charge on any atom is -0.508 e. The predicted octanol–water partition coefficient (Wildman–Crippen LogP) is 3.45. The first-order chi connectivity index (χ1) is 10.6. The Morgan fingerprint density at radius 2 is 1.73 bits per heavy atom. The van der Waals surface area contributed by atoms with Gasteiger partial charge in [-0.25, -0.2) is 4.58 Å². The summed E-state index contributed by atoms with van der Waals surface area (Å²) in [5.41, 5.74) is 3.24. The summed E-state index contributed by atoms with van der Waals surface area (Å²) in [5, 5.41) is 9.52. The summed E-state index contributed by atoms with van der Waals surface area (Å²) in [6, 6.07) is 5.11. The van der Waals surface area contributed by atoms with Crippen molar-refractivity contribution in [3.63, 3.8) is 0 Å². The molecule has 0 atom stereocenters. The second-order valence-corrected chi connectivity index (χ2v) is 5.38. The number of allylic oxidation sites excluding steroid dienone is 8. The highest BCUT2D eigenvalue weighted by atomic mass is 16.5. The molecule has 0 spiro atoms. The van der Waals surface area contributed by atoms with Crippen LogP contribution in [-0.2, 0) is 0 Å². The molecular weight excluding hydrogens is 274 g/mol. The van der Waals surface area contributed by atoms with E-state index in [9.17, 15) is 5.11 Å². The highest BCUT2D eigenvalue weighted by Crippen LogP contribution is 2.30. The Kier molecular flexibility index (Phi) is 3.79. The monoisotopic (exact) mass is 292 g/mol. The second-order valence-electron chi connectivity index (χ2n) is 5.38. The average Bonchev–Trinajstić information content (AvgIpc) is 2.53. The van der Waals surface area contributed by atoms with E-state index in [0.29, 0.717) is 5.75 Å². The maximum Gasteiger partial charge on any atom is 0.199 e. The maximum absolute atomic E-state index is 9.52. The number of hydrogen-bond donors (Lipinski definition) is 1. The highest BCUT2D eigenvalue weighted by molar-refractivity contribution is 6.02. The molecule has 1 aromatic carbocycles. The van der Waals surface area contributed by atoms with Crippen molar-refractivity contribution in [1.82, 2.24) is 0 Å². The van der Waals surface area contributed by atoms with Crippen molar-refractivity contribution in [3.05, 3.63) is 77.6 Å². The predicted molar refractivity (Wildman–Crippen MR) is 89.3 cm³/mol. The van der Waals surface area contributed by atoms with Crippen molar-refractivity contribution in [1.29, 1.82) is 0 Å². The van der Waals surface area contributed by atoms with E-state index < -0.39 is 0 Å². The third kappa shape index (κ3) is 3.09. The molecule has 0 amide bonds. The van der Waals surface area contributed by atoms with Crippen LogP contribution in [0.15, 0.2) is 72.1 Å². The molecule has 2 aliphatic rings. The molecule has 1 N–H and O–H groups in total. The fraction of sp³-hybridized carbons (Fsp3) is 0.105. The highest BCUT2D eigenvalue weighted by Gasteiger charge is 2.09. The molecule has 3 nitrogen and oxygen atoms in total. The maximum atomic E-state index is 9.52. The molecule has 3 rings (SSSR count). The van der Waals surface area contributed by atoms with E-state index in [1.165, 1.54) is 5.71 Å². The normalized spacial score (nSPS) is 17.5. The first kappa shape index (κ1) is 14.1. The number of aromatic hydroxyl groups is 1. The van der Waals surface area contributed by atoms with Gasteiger partial charge in [0.1, 0.15) is 31.4 Å². The van der Waals surface area contributed by atoms with Crippen molar-refractivity contribution >= 4 is 11.8 Å². The summed E-state index contributed by atoms with van der Waals surface area (Å²) in [5.74, 6) is 1.62. The third-order valence-electron chi connectivity index (χ3n) is 3.50. The second kappa shape index (κ2) is 5.90. The number of hydrogen-bond acceptors (Lipinski definition) is 2. The van der Waals surface area contributed by atoms with Gasteiger partial charge in [0.15, 0.2) is 5.71 Å². The van der Waals surface area contributed by atoms with Crippen LogP contribution in [0.3, 0.4) is 0 Å². The third-order valence-corrected chi connectivity index (χ3v) is 3.50. The smallest absolute Gasteiger partial charge is 0.199 e. The van der Waals surface area contributed by atoms with E-state index in [0.717, 1.165) is 16.9 Å². The molecule has 0 radical (unpaired) electrons. The van der Waals surface area contributed by atoms with Gasteiger partial charge in [-0.2, -0.15) is 0 Å². The molecule has 1 heterocycles. The molecule has 0 bridgehead atoms. The zero-order valence-electron chi connectivity index (χ0n) is 12.7. The van der Waals surface area contributed by atoms with Gasteiger partial charge in [0.05, 0.1) is 0 Å². The number of phenols is 1. The zero-order chi connectivity index (χ0) is 15.5. The van der Waals surface area contributed by atoms with E-state index in [-0.39, 0.29) is 5.75 Å². The number of nitrogens with zero attached hydrogens (tertiary/aromatic N) is 1. The van der Waals surface area contributed by atoms with Gasteiger partial charge in [0.25, 0.3) is 0 Å². The van der Waals surface area contributed by atoms with Gasteiger partial charge in [-0.05, 0) is 48.1 Å². The van der Waals surface area contributed by atoms with E-state index in [2.05, 4.69) is 28.9 Å². The van der Waals surface area contributed by atoms with Crippen molar-refractivity contribution in [2.45, 2.75) is 0 Å². The Bertz CT molecular complexity index is 768. The van der Waals surface area contributed by atoms with Crippen molar-refractivity contribution in [2.75, 3.05) is 14.1 Å². The molecular formula is C19H18NO2+. The number of ether oxygens (including phenoxy) is 1. The molecule has 22 heavy (non-hydrogen) atoms. The Morgan fingerprint density at radius 3 is 2.45 bits per heavy atom. The molecule has 1 aliphatic heterocycles. The topological polar surface area (TPSA) is 32.5 Å². The zero-order valence-corrected chi connectivity index (χ0v) is 12.7. The summed E-state index contributed by atoms with van der Waals surface area (Å²) >= 11 is 0. The van der Waals surface area contributed by atoms with Gasteiger partial charge in [0.2, 0.25) is 0 Å². The van der Waals surface area contributed by atoms with Crippen LogP contribution >= 0.6 is 0 Å². The van der Waals surface area contributed by atoms with Crippen LogP contribution in [0.2, 0.25) is 0 Å². The Morgan fingerprint density at radius 1 is 0.955 bits per heavy atom. The summed E-state index contributed by atoms with van der Waals surface area (Å²) < 4.78 is 7.84. The van der Waals surface area contributed by atoms with Gasteiger partial charge in [0, 0.05) is 23.8 Å². The minimum absolute atomic E-state index is 0.205. The molecule has 1 aromatic rings. The summed E-state index contributed by atoms with van der Waals surface area (Å²) in [6.45, 7) is 0. The van der Waals surface area contributed by atoms with Gasteiger partial charge < -0.3 is 9.84 Å². The Hall–Kier alpha value is -2.81. The lowest BCUT2D eigenvalue weighted by Gasteiger charge is -2.14. The van der Waals surface area contributed by atoms with Crippen LogP contribution in [0.4, 0.5) is 0 Å². The number of fused-ring (bicyclic) bond motifs is 1. The number of rotatable bonds is 1. The lowest BCUT2D eigenvalue weighted by atomic mass is 10.1. The van der Waals surface area contributed by atoms with E-state index in [1.807, 2.05) is 44.5 Å². The van der Waals surface area contributed by atoms with Crippen LogP contribution < -0.4 is 4.74 Å². The minimum atomic E-state index is 0.205. The standard InChI is InChI=1S/C19H17NO2/c1-20(2)16-8-3-14(4-9-16)5-11-18-12-7-15-6-10-17(21)13-19(15)22-18/h3-13H,1-2H3/p+1. The number of benzene rings is 1. The van der Waals surface area contributed by atoms with E-state index in [4.69, 9.17) is 4.74 Å². The molecule has 3 heteroatoms. The van der Waals surface area contributed by atoms with Crippen LogP contribution in [0, 0.1) is 0 Å². The van der Waals surface area contributed by atoms with Gasteiger partial charge in [-0.1, -0.05) is 6.08 Å². The largest absolute Gasteiger partial charge is 0.508 e. The number of phenolic OH excluding ortho intramolecular Hbond substituents is 1. The fourth-order valence-corrected chi connectivity index (χ4v) is 2.23. The summed E-state index contributed by atoms with van der Waals surface area (Å²) in [6.07, 6.45) is 16.1. The lowest BCUT2D eigenvalue weighted by Crippen LogP contribution is -2.09. The molecule has 0 unspecified atom stereocenters. The average molecular weight is 292 g/mol. The van der Waals surface area contributed by atoms with Crippen molar-refractivity contribution < 1.29 is 14.4 Å². The molecule has 0 aromatic heterocycles. The fourth-order valence-electron chi connectivity index (χ4n) is 2.23. The summed E-state index contributed by atoms with van der Waals surface area (Å²) in [7, 11) is 4.04. The molecule has 1 aliphatic carbocycles.